The van der Waals surface area contributed by atoms with Crippen molar-refractivity contribution in [3.8, 4) is 5.75 Å². The molecule has 0 spiro atoms. The van der Waals surface area contributed by atoms with Crippen molar-refractivity contribution in [2.24, 2.45) is 0 Å². The van der Waals surface area contributed by atoms with Crippen molar-refractivity contribution < 1.29 is 9.53 Å². The van der Waals surface area contributed by atoms with Gasteiger partial charge in [-0.25, -0.2) is 0 Å². The molecule has 2 N–H and O–H groups in total. The first-order valence-corrected chi connectivity index (χ1v) is 8.28. The van der Waals surface area contributed by atoms with E-state index in [-0.39, 0.29) is 17.5 Å². The summed E-state index contributed by atoms with van der Waals surface area (Å²) in [7, 11) is 0. The molecule has 1 unspecified atom stereocenters. The monoisotopic (exact) mass is 356 g/mol. The zero-order chi connectivity index (χ0) is 17.2. The van der Waals surface area contributed by atoms with Gasteiger partial charge in [0.15, 0.2) is 0 Å². The van der Waals surface area contributed by atoms with E-state index in [1.54, 1.807) is 6.07 Å². The molecule has 0 saturated carbocycles. The van der Waals surface area contributed by atoms with Gasteiger partial charge in [-0.3, -0.25) is 4.79 Å². The second kappa shape index (κ2) is 7.12. The summed E-state index contributed by atoms with van der Waals surface area (Å²) in [5.41, 5.74) is 1.65. The van der Waals surface area contributed by atoms with E-state index in [0.29, 0.717) is 28.9 Å². The molecular weight excluding hydrogens is 335 g/mol. The Morgan fingerprint density at radius 2 is 2.04 bits per heavy atom. The summed E-state index contributed by atoms with van der Waals surface area (Å²) in [4.78, 5) is 12.1. The topological polar surface area (TPSA) is 50.4 Å². The molecular formula is C17H22Cl2N2O2. The molecule has 126 valence electrons. The number of amides is 1. The molecule has 2 rings (SSSR count). The quantitative estimate of drug-likeness (QED) is 0.865. The largest absolute Gasteiger partial charge is 0.487 e. The van der Waals surface area contributed by atoms with Crippen molar-refractivity contribution in [2.45, 2.75) is 39.3 Å². The SMILES string of the molecule is CC(NCC1=Cc2cc(Cl)cc(Cl)c2OC1)C(=O)NC(C)(C)C. The molecule has 1 aromatic rings. The Balaban J connectivity index is 1.99. The minimum absolute atomic E-state index is 0.0266. The van der Waals surface area contributed by atoms with Crippen LogP contribution in [0.15, 0.2) is 17.7 Å². The molecule has 0 aliphatic carbocycles. The molecule has 0 saturated heterocycles. The fourth-order valence-corrected chi connectivity index (χ4v) is 2.79. The fraction of sp³-hybridized carbons (Fsp3) is 0.471. The van der Waals surface area contributed by atoms with Crippen molar-refractivity contribution >= 4 is 35.2 Å². The number of hydrogen-bond donors (Lipinski definition) is 2. The average molecular weight is 357 g/mol. The smallest absolute Gasteiger partial charge is 0.237 e. The second-order valence-corrected chi connectivity index (χ2v) is 7.58. The lowest BCUT2D eigenvalue weighted by molar-refractivity contribution is -0.124. The van der Waals surface area contributed by atoms with E-state index in [1.807, 2.05) is 39.8 Å². The molecule has 1 aromatic carbocycles. The Morgan fingerprint density at radius 1 is 1.35 bits per heavy atom. The highest BCUT2D eigenvalue weighted by atomic mass is 35.5. The summed E-state index contributed by atoms with van der Waals surface area (Å²) in [5, 5.41) is 7.24. The van der Waals surface area contributed by atoms with E-state index in [9.17, 15) is 4.79 Å². The van der Waals surface area contributed by atoms with Gasteiger partial charge < -0.3 is 15.4 Å². The molecule has 0 radical (unpaired) electrons. The van der Waals surface area contributed by atoms with E-state index in [1.165, 1.54) is 0 Å². The summed E-state index contributed by atoms with van der Waals surface area (Å²) in [6.45, 7) is 8.71. The van der Waals surface area contributed by atoms with Gasteiger partial charge in [-0.2, -0.15) is 0 Å². The molecule has 1 aliphatic rings. The van der Waals surface area contributed by atoms with Gasteiger partial charge in [0.25, 0.3) is 0 Å². The Morgan fingerprint density at radius 3 is 2.70 bits per heavy atom. The molecule has 0 aromatic heterocycles. The average Bonchev–Trinajstić information content (AvgIpc) is 2.42. The zero-order valence-electron chi connectivity index (χ0n) is 13.8. The number of carbonyl (C=O) groups is 1. The van der Waals surface area contributed by atoms with Crippen LogP contribution in [0.5, 0.6) is 5.75 Å². The summed E-state index contributed by atoms with van der Waals surface area (Å²) >= 11 is 12.1. The molecule has 1 atom stereocenters. The summed E-state index contributed by atoms with van der Waals surface area (Å²) in [6, 6.07) is 3.19. The van der Waals surface area contributed by atoms with Crippen molar-refractivity contribution in [2.75, 3.05) is 13.2 Å². The number of ether oxygens (including phenoxy) is 1. The number of carbonyl (C=O) groups excluding carboxylic acids is 1. The van der Waals surface area contributed by atoms with Gasteiger partial charge >= 0.3 is 0 Å². The van der Waals surface area contributed by atoms with E-state index in [2.05, 4.69) is 10.6 Å². The van der Waals surface area contributed by atoms with Crippen LogP contribution < -0.4 is 15.4 Å². The van der Waals surface area contributed by atoms with Crippen LogP contribution in [0.1, 0.15) is 33.3 Å². The highest BCUT2D eigenvalue weighted by molar-refractivity contribution is 6.36. The Kier molecular flexibility index (Phi) is 5.61. The third kappa shape index (κ3) is 5.13. The third-order valence-corrected chi connectivity index (χ3v) is 3.82. The second-order valence-electron chi connectivity index (χ2n) is 6.74. The minimum Gasteiger partial charge on any atom is -0.487 e. The molecule has 0 fully saturated rings. The number of halogens is 2. The summed E-state index contributed by atoms with van der Waals surface area (Å²) < 4.78 is 5.70. The summed E-state index contributed by atoms with van der Waals surface area (Å²) in [5.74, 6) is 0.625. The van der Waals surface area contributed by atoms with E-state index in [0.717, 1.165) is 11.1 Å². The lowest BCUT2D eigenvalue weighted by atomic mass is 10.1. The molecule has 0 bridgehead atoms. The van der Waals surface area contributed by atoms with Crippen molar-refractivity contribution in [1.82, 2.24) is 10.6 Å². The molecule has 23 heavy (non-hydrogen) atoms. The van der Waals surface area contributed by atoms with Crippen LogP contribution in [-0.2, 0) is 4.79 Å². The molecule has 4 nitrogen and oxygen atoms in total. The molecule has 1 amide bonds. The van der Waals surface area contributed by atoms with Crippen LogP contribution in [0, 0.1) is 0 Å². The lowest BCUT2D eigenvalue weighted by Crippen LogP contribution is -2.50. The highest BCUT2D eigenvalue weighted by Crippen LogP contribution is 2.36. The highest BCUT2D eigenvalue weighted by Gasteiger charge is 2.20. The van der Waals surface area contributed by atoms with E-state index >= 15 is 0 Å². The van der Waals surface area contributed by atoms with Crippen LogP contribution in [-0.4, -0.2) is 30.6 Å². The fourth-order valence-electron chi connectivity index (χ4n) is 2.22. The van der Waals surface area contributed by atoms with Gasteiger partial charge in [-0.05, 0) is 51.5 Å². The van der Waals surface area contributed by atoms with Crippen molar-refractivity contribution in [3.63, 3.8) is 0 Å². The maximum Gasteiger partial charge on any atom is 0.237 e. The van der Waals surface area contributed by atoms with Gasteiger partial charge in [-0.1, -0.05) is 23.2 Å². The van der Waals surface area contributed by atoms with Crippen molar-refractivity contribution in [1.29, 1.82) is 0 Å². The third-order valence-electron chi connectivity index (χ3n) is 3.33. The molecule has 6 heteroatoms. The first-order chi connectivity index (χ1) is 10.7. The van der Waals surface area contributed by atoms with Crippen LogP contribution >= 0.6 is 23.2 Å². The lowest BCUT2D eigenvalue weighted by Gasteiger charge is -2.25. The maximum atomic E-state index is 12.1. The molecule has 1 aliphatic heterocycles. The number of fused-ring (bicyclic) bond motifs is 1. The summed E-state index contributed by atoms with van der Waals surface area (Å²) in [6.07, 6.45) is 2.00. The number of hydrogen-bond acceptors (Lipinski definition) is 3. The number of rotatable bonds is 4. The minimum atomic E-state index is -0.292. The first kappa shape index (κ1) is 18.1. The zero-order valence-corrected chi connectivity index (χ0v) is 15.3. The maximum absolute atomic E-state index is 12.1. The van der Waals surface area contributed by atoms with Gasteiger partial charge in [-0.15, -0.1) is 0 Å². The van der Waals surface area contributed by atoms with Gasteiger partial charge in [0.1, 0.15) is 12.4 Å². The van der Waals surface area contributed by atoms with Gasteiger partial charge in [0.2, 0.25) is 5.91 Å². The van der Waals surface area contributed by atoms with Gasteiger partial charge in [0, 0.05) is 22.7 Å². The molecule has 1 heterocycles. The normalized spacial score (nSPS) is 15.3. The Labute approximate surface area is 147 Å². The number of nitrogens with one attached hydrogen (secondary N) is 2. The Hall–Kier alpha value is -1.23. The predicted octanol–water partition coefficient (Wildman–Crippen LogP) is 3.66. The van der Waals surface area contributed by atoms with E-state index in [4.69, 9.17) is 27.9 Å². The standard InChI is InChI=1S/C17H22Cl2N2O2/c1-10(16(22)21-17(2,3)4)20-8-11-5-12-6-13(18)7-14(19)15(12)23-9-11/h5-7,10,20H,8-9H2,1-4H3,(H,21,22). The van der Waals surface area contributed by atoms with Crippen LogP contribution in [0.25, 0.3) is 6.08 Å². The van der Waals surface area contributed by atoms with E-state index < -0.39 is 0 Å². The van der Waals surface area contributed by atoms with Gasteiger partial charge in [0.05, 0.1) is 11.1 Å². The number of benzene rings is 1. The Bertz CT molecular complexity index is 636. The van der Waals surface area contributed by atoms with Crippen LogP contribution in [0.2, 0.25) is 10.0 Å². The van der Waals surface area contributed by atoms with Crippen molar-refractivity contribution in [3.05, 3.63) is 33.3 Å². The first-order valence-electron chi connectivity index (χ1n) is 7.52. The van der Waals surface area contributed by atoms with Crippen LogP contribution in [0.4, 0.5) is 0 Å². The predicted molar refractivity (Wildman–Crippen MR) is 95.3 cm³/mol. The van der Waals surface area contributed by atoms with Crippen LogP contribution in [0.3, 0.4) is 0 Å².